The topological polar surface area (TPSA) is 168 Å². The van der Waals surface area contributed by atoms with Crippen molar-refractivity contribution in [2.24, 2.45) is 34.8 Å². The Labute approximate surface area is 272 Å². The molecule has 11 nitrogen and oxygen atoms in total. The van der Waals surface area contributed by atoms with Crippen LogP contribution in [0.4, 0.5) is 4.79 Å². The number of halogens is 1. The van der Waals surface area contributed by atoms with Crippen LogP contribution >= 0.6 is 11.6 Å². The number of likely N-dealkylation sites (tertiary alicyclic amines) is 1. The van der Waals surface area contributed by atoms with E-state index in [4.69, 9.17) is 17.3 Å². The molecule has 1 saturated heterocycles. The quantitative estimate of drug-likeness (QED) is 0.127. The zero-order chi connectivity index (χ0) is 34.4. The number of amides is 5. The minimum absolute atomic E-state index is 0.00347. The first-order chi connectivity index (χ1) is 20.7. The van der Waals surface area contributed by atoms with Crippen molar-refractivity contribution in [2.75, 3.05) is 6.54 Å². The van der Waals surface area contributed by atoms with Gasteiger partial charge in [-0.1, -0.05) is 79.0 Å². The lowest BCUT2D eigenvalue weighted by molar-refractivity contribution is -0.143. The number of hydrogen-bond donors (Lipinski definition) is 4. The van der Waals surface area contributed by atoms with Gasteiger partial charge in [0.1, 0.15) is 12.1 Å². The molecule has 5 amide bonds. The fraction of sp³-hybridized carbons (Fsp3) is 0.697. The number of ketones is 2. The van der Waals surface area contributed by atoms with Crippen LogP contribution in [-0.2, 0) is 24.0 Å². The minimum Gasteiger partial charge on any atom is -0.363 e. The van der Waals surface area contributed by atoms with Crippen LogP contribution in [-0.4, -0.2) is 70.9 Å². The molecule has 12 heteroatoms. The fourth-order valence-corrected chi connectivity index (χ4v) is 5.50. The molecule has 0 aromatic carbocycles. The average molecular weight is 650 g/mol. The number of nitrogens with two attached hydrogens (primary N) is 1. The first-order valence-electron chi connectivity index (χ1n) is 15.8. The fourth-order valence-electron chi connectivity index (χ4n) is 5.43. The van der Waals surface area contributed by atoms with Crippen LogP contribution < -0.4 is 21.7 Å². The highest BCUT2D eigenvalue weighted by Gasteiger charge is 2.46. The summed E-state index contributed by atoms with van der Waals surface area (Å²) in [5, 5.41) is 8.74. The Kier molecular flexibility index (Phi) is 13.4. The van der Waals surface area contributed by atoms with Crippen molar-refractivity contribution < 1.29 is 28.8 Å². The highest BCUT2D eigenvalue weighted by atomic mass is 35.5. The van der Waals surface area contributed by atoms with Gasteiger partial charge in [0, 0.05) is 11.6 Å². The lowest BCUT2D eigenvalue weighted by Gasteiger charge is -2.36. The van der Waals surface area contributed by atoms with Crippen LogP contribution in [0.5, 0.6) is 0 Å². The van der Waals surface area contributed by atoms with Crippen LogP contribution in [0.3, 0.4) is 0 Å². The van der Waals surface area contributed by atoms with E-state index in [1.54, 1.807) is 46.8 Å². The summed E-state index contributed by atoms with van der Waals surface area (Å²) in [4.78, 5) is 80.1. The number of nitrogens with one attached hydrogen (secondary N) is 3. The van der Waals surface area contributed by atoms with Crippen molar-refractivity contribution in [3.63, 3.8) is 0 Å². The molecule has 0 aromatic heterocycles. The first-order valence-corrected chi connectivity index (χ1v) is 16.2. The van der Waals surface area contributed by atoms with E-state index in [0.717, 1.165) is 12.8 Å². The number of allylic oxidation sites excluding steroid dienone is 3. The number of Topliss-reactive ketones (excluding diaryl/α,β-unsaturated/α-hetero) is 2. The molecule has 0 spiro atoms. The molecule has 5 atom stereocenters. The Hall–Kier alpha value is -3.21. The van der Waals surface area contributed by atoms with E-state index in [1.807, 2.05) is 27.7 Å². The molecule has 252 valence electrons. The largest absolute Gasteiger partial charge is 0.363 e. The second kappa shape index (κ2) is 15.9. The summed E-state index contributed by atoms with van der Waals surface area (Å²) in [7, 11) is 0. The smallest absolute Gasteiger partial charge is 0.316 e. The van der Waals surface area contributed by atoms with Gasteiger partial charge in [0.15, 0.2) is 5.78 Å². The predicted octanol–water partition coefficient (Wildman–Crippen LogP) is 3.60. The van der Waals surface area contributed by atoms with Crippen LogP contribution in [0.1, 0.15) is 88.0 Å². The molecule has 1 aliphatic heterocycles. The standard InChI is InChI=1S/C33H52ClN5O6/c1-17(2)22-15-24(30(43)36-23(14-21-12-13-21)27(41)29(35)42)39(16-22)31(44)28(33(7,8)9)38-32(45)37-25(18(3)4)26(40)19(5)10-11-20(6)34/h10-11,17-18,21-25,28H,12-16H2,1-9H3,(H2,35,42)(H,36,43)(H2,37,38,45)/b19-10+,20-11+/t22-,23?,24+,25+,28-/m1/s1. The molecule has 5 N–H and O–H groups in total. The molecular weight excluding hydrogens is 598 g/mol. The summed E-state index contributed by atoms with van der Waals surface area (Å²) in [6.07, 6.45) is 5.70. The van der Waals surface area contributed by atoms with Crippen molar-refractivity contribution in [1.29, 1.82) is 0 Å². The molecule has 45 heavy (non-hydrogen) atoms. The second-order valence-electron chi connectivity index (χ2n) is 14.3. The van der Waals surface area contributed by atoms with Gasteiger partial charge >= 0.3 is 6.03 Å². The predicted molar refractivity (Wildman–Crippen MR) is 174 cm³/mol. The highest BCUT2D eigenvalue weighted by molar-refractivity contribution is 6.37. The molecule has 2 aliphatic rings. The average Bonchev–Trinajstić information content (AvgIpc) is 3.63. The molecule has 1 aliphatic carbocycles. The number of nitrogens with zero attached hydrogens (tertiary/aromatic N) is 1. The molecule has 0 radical (unpaired) electrons. The monoisotopic (exact) mass is 649 g/mol. The van der Waals surface area contributed by atoms with Gasteiger partial charge in [0.2, 0.25) is 17.6 Å². The molecule has 1 heterocycles. The summed E-state index contributed by atoms with van der Waals surface area (Å²) in [6, 6.07) is -4.55. The van der Waals surface area contributed by atoms with E-state index < -0.39 is 59.1 Å². The maximum absolute atomic E-state index is 14.2. The second-order valence-corrected chi connectivity index (χ2v) is 14.9. The molecule has 0 aromatic rings. The van der Waals surface area contributed by atoms with Gasteiger partial charge in [-0.05, 0) is 67.4 Å². The van der Waals surface area contributed by atoms with Gasteiger partial charge in [0.05, 0.1) is 12.1 Å². The summed E-state index contributed by atoms with van der Waals surface area (Å²) in [5.74, 6) is -3.09. The number of rotatable bonds is 14. The molecule has 1 unspecified atom stereocenters. The van der Waals surface area contributed by atoms with Crippen LogP contribution in [0.25, 0.3) is 0 Å². The lowest BCUT2D eigenvalue weighted by atomic mass is 9.85. The van der Waals surface area contributed by atoms with Crippen molar-refractivity contribution >= 4 is 46.9 Å². The van der Waals surface area contributed by atoms with Gasteiger partial charge in [-0.3, -0.25) is 24.0 Å². The third-order valence-electron chi connectivity index (χ3n) is 8.58. The van der Waals surface area contributed by atoms with Gasteiger partial charge < -0.3 is 26.6 Å². The van der Waals surface area contributed by atoms with E-state index in [2.05, 4.69) is 16.0 Å². The Morgan fingerprint density at radius 2 is 1.53 bits per heavy atom. The molecule has 1 saturated carbocycles. The Morgan fingerprint density at radius 3 is 2.00 bits per heavy atom. The summed E-state index contributed by atoms with van der Waals surface area (Å²) < 4.78 is 0. The van der Waals surface area contributed by atoms with Gasteiger partial charge in [-0.2, -0.15) is 0 Å². The summed E-state index contributed by atoms with van der Waals surface area (Å²) in [5.41, 5.74) is 4.91. The number of hydrogen-bond acceptors (Lipinski definition) is 6. The zero-order valence-corrected chi connectivity index (χ0v) is 28.9. The van der Waals surface area contributed by atoms with E-state index in [-0.39, 0.29) is 36.0 Å². The van der Waals surface area contributed by atoms with Crippen LogP contribution in [0.2, 0.25) is 0 Å². The molecular formula is C33H52ClN5O6. The van der Waals surface area contributed by atoms with Crippen molar-refractivity contribution in [2.45, 2.75) is 112 Å². The number of carbonyl (C=O) groups excluding carboxylic acids is 6. The van der Waals surface area contributed by atoms with E-state index in [9.17, 15) is 28.8 Å². The van der Waals surface area contributed by atoms with Crippen LogP contribution in [0.15, 0.2) is 22.8 Å². The van der Waals surface area contributed by atoms with Crippen molar-refractivity contribution in [1.82, 2.24) is 20.9 Å². The first kappa shape index (κ1) is 38.0. The summed E-state index contributed by atoms with van der Waals surface area (Å²) in [6.45, 7) is 16.7. The van der Waals surface area contributed by atoms with E-state index >= 15 is 0 Å². The third-order valence-corrected chi connectivity index (χ3v) is 8.71. The maximum atomic E-state index is 14.2. The number of urea groups is 1. The number of carbonyl (C=O) groups is 6. The molecule has 2 fully saturated rings. The Bertz CT molecular complexity index is 1210. The van der Waals surface area contributed by atoms with E-state index in [1.165, 1.54) is 4.90 Å². The summed E-state index contributed by atoms with van der Waals surface area (Å²) >= 11 is 5.90. The normalized spacial score (nSPS) is 21.3. The van der Waals surface area contributed by atoms with Crippen molar-refractivity contribution in [3.05, 3.63) is 22.8 Å². The Morgan fingerprint density at radius 1 is 0.933 bits per heavy atom. The van der Waals surface area contributed by atoms with Gasteiger partial charge in [-0.15, -0.1) is 0 Å². The minimum atomic E-state index is -1.11. The third kappa shape index (κ3) is 11.0. The van der Waals surface area contributed by atoms with E-state index in [0.29, 0.717) is 23.4 Å². The molecule has 2 rings (SSSR count). The Balaban J connectivity index is 2.31. The number of primary amides is 1. The lowest BCUT2D eigenvalue weighted by Crippen LogP contribution is -2.61. The maximum Gasteiger partial charge on any atom is 0.316 e. The van der Waals surface area contributed by atoms with Gasteiger partial charge in [-0.25, -0.2) is 4.79 Å². The van der Waals surface area contributed by atoms with Crippen molar-refractivity contribution in [3.8, 4) is 0 Å². The zero-order valence-electron chi connectivity index (χ0n) is 28.2. The highest BCUT2D eigenvalue weighted by Crippen LogP contribution is 2.35. The van der Waals surface area contributed by atoms with Gasteiger partial charge in [0.25, 0.3) is 5.91 Å². The SMILES string of the molecule is C/C(Cl)=C\C=C(/C)C(=O)[C@@H](NC(=O)N[C@H](C(=O)N1C[C@H](C(C)C)C[C@H]1C(=O)NC(CC1CC1)C(=O)C(N)=O)C(C)(C)C)C(C)C. The van der Waals surface area contributed by atoms with Crippen LogP contribution in [0, 0.1) is 29.1 Å². The molecule has 0 bridgehead atoms.